The Morgan fingerprint density at radius 2 is 2.00 bits per heavy atom. The van der Waals surface area contributed by atoms with Gasteiger partial charge < -0.3 is 0 Å². The maximum atomic E-state index is 10.8. The van der Waals surface area contributed by atoms with Crippen molar-refractivity contribution < 1.29 is 4.79 Å². The van der Waals surface area contributed by atoms with Gasteiger partial charge in [-0.2, -0.15) is 0 Å². The summed E-state index contributed by atoms with van der Waals surface area (Å²) >= 11 is 0. The van der Waals surface area contributed by atoms with Crippen LogP contribution in [0.4, 0.5) is 0 Å². The zero-order valence-electron chi connectivity index (χ0n) is 5.34. The Labute approximate surface area is 55.1 Å². The summed E-state index contributed by atoms with van der Waals surface area (Å²) < 4.78 is 0. The second-order valence-corrected chi connectivity index (χ2v) is 2.14. The van der Waals surface area contributed by atoms with E-state index in [1.165, 1.54) is 0 Å². The van der Waals surface area contributed by atoms with Crippen LogP contribution in [0.3, 0.4) is 0 Å². The Balaban J connectivity index is 2.50. The maximum Gasteiger partial charge on any atom is 0.136 e. The summed E-state index contributed by atoms with van der Waals surface area (Å²) in [6.45, 7) is 0. The molecular weight excluding hydrogens is 112 g/mol. The van der Waals surface area contributed by atoms with E-state index in [-0.39, 0.29) is 0 Å². The lowest BCUT2D eigenvalue weighted by molar-refractivity contribution is -0.118. The number of Topliss-reactive ketones (excluding diaryl/α,β-unsaturated/α-hetero) is 1. The number of ketones is 1. The molecule has 1 nitrogen and oxygen atoms in total. The Hall–Kier alpha value is -0.850. The molecule has 0 unspecified atom stereocenters. The molecular formula is C8H10O. The first kappa shape index (κ1) is 6.27. The Morgan fingerprint density at radius 1 is 1.22 bits per heavy atom. The predicted molar refractivity (Wildman–Crippen MR) is 37.1 cm³/mol. The van der Waals surface area contributed by atoms with Gasteiger partial charge in [-0.15, -0.1) is 0 Å². The third-order valence-corrected chi connectivity index (χ3v) is 1.32. The first-order valence-electron chi connectivity index (χ1n) is 3.23. The molecule has 1 heteroatoms. The molecule has 0 N–H and O–H groups in total. The maximum absolute atomic E-state index is 10.8. The van der Waals surface area contributed by atoms with Crippen LogP contribution in [0, 0.1) is 0 Å². The summed E-state index contributed by atoms with van der Waals surface area (Å²) in [5, 5.41) is 0. The van der Waals surface area contributed by atoms with Crippen LogP contribution < -0.4 is 0 Å². The number of carbonyl (C=O) groups is 1. The Morgan fingerprint density at radius 3 is 2.89 bits per heavy atom. The first-order valence-corrected chi connectivity index (χ1v) is 3.23. The number of hydrogen-bond acceptors (Lipinski definition) is 1. The van der Waals surface area contributed by atoms with E-state index < -0.39 is 0 Å². The molecule has 48 valence electrons. The minimum absolute atomic E-state index is 0.343. The van der Waals surface area contributed by atoms with Gasteiger partial charge in [0.2, 0.25) is 0 Å². The van der Waals surface area contributed by atoms with Gasteiger partial charge >= 0.3 is 0 Å². The average molecular weight is 122 g/mol. The lowest BCUT2D eigenvalue weighted by Crippen LogP contribution is -1.94. The number of hydrogen-bond donors (Lipinski definition) is 0. The van der Waals surface area contributed by atoms with Crippen LogP contribution in [0.5, 0.6) is 0 Å². The molecule has 0 aromatic rings. The fraction of sp³-hybridized carbons (Fsp3) is 0.375. The van der Waals surface area contributed by atoms with Crippen molar-refractivity contribution in [2.45, 2.75) is 19.3 Å². The molecule has 0 aliphatic heterocycles. The molecule has 0 saturated heterocycles. The van der Waals surface area contributed by atoms with Crippen molar-refractivity contribution in [2.75, 3.05) is 0 Å². The molecule has 0 saturated carbocycles. The zero-order valence-corrected chi connectivity index (χ0v) is 5.34. The van der Waals surface area contributed by atoms with Gasteiger partial charge in [0.15, 0.2) is 0 Å². The first-order chi connectivity index (χ1) is 4.39. The highest BCUT2D eigenvalue weighted by molar-refractivity contribution is 5.80. The highest BCUT2D eigenvalue weighted by Crippen LogP contribution is 2.00. The van der Waals surface area contributed by atoms with Crippen molar-refractivity contribution >= 4 is 5.78 Å². The van der Waals surface area contributed by atoms with E-state index in [9.17, 15) is 4.79 Å². The molecule has 1 aliphatic rings. The summed E-state index contributed by atoms with van der Waals surface area (Å²) in [5.74, 6) is 0.343. The monoisotopic (exact) mass is 122 g/mol. The van der Waals surface area contributed by atoms with E-state index in [0.717, 1.165) is 6.42 Å². The molecule has 0 heterocycles. The molecule has 0 spiro atoms. The number of rotatable bonds is 0. The highest BCUT2D eigenvalue weighted by Gasteiger charge is 1.96. The lowest BCUT2D eigenvalue weighted by Gasteiger charge is -1.94. The quantitative estimate of drug-likeness (QED) is 0.479. The SMILES string of the molecule is O=C1C/C=C/C=CCC1. The third kappa shape index (κ3) is 2.27. The van der Waals surface area contributed by atoms with Crippen molar-refractivity contribution in [3.05, 3.63) is 24.3 Å². The van der Waals surface area contributed by atoms with Crippen molar-refractivity contribution in [1.82, 2.24) is 0 Å². The van der Waals surface area contributed by atoms with Gasteiger partial charge in [0.25, 0.3) is 0 Å². The Kier molecular flexibility index (Phi) is 2.25. The second kappa shape index (κ2) is 3.23. The summed E-state index contributed by atoms with van der Waals surface area (Å²) in [4.78, 5) is 10.8. The highest BCUT2D eigenvalue weighted by atomic mass is 16.1. The molecule has 0 fully saturated rings. The van der Waals surface area contributed by atoms with Crippen molar-refractivity contribution in [1.29, 1.82) is 0 Å². The van der Waals surface area contributed by atoms with E-state index >= 15 is 0 Å². The fourth-order valence-electron chi connectivity index (χ4n) is 0.799. The Bertz CT molecular complexity index is 154. The molecule has 0 amide bonds. The van der Waals surface area contributed by atoms with Crippen LogP contribution in [0.1, 0.15) is 19.3 Å². The zero-order chi connectivity index (χ0) is 6.53. The van der Waals surface area contributed by atoms with E-state index in [1.807, 2.05) is 24.3 Å². The van der Waals surface area contributed by atoms with Gasteiger partial charge in [-0.3, -0.25) is 4.79 Å². The van der Waals surface area contributed by atoms with Gasteiger partial charge in [0, 0.05) is 12.8 Å². The van der Waals surface area contributed by atoms with Crippen molar-refractivity contribution in [3.63, 3.8) is 0 Å². The molecule has 0 aromatic carbocycles. The minimum atomic E-state index is 0.343. The largest absolute Gasteiger partial charge is 0.299 e. The molecule has 9 heavy (non-hydrogen) atoms. The van der Waals surface area contributed by atoms with E-state index in [4.69, 9.17) is 0 Å². The van der Waals surface area contributed by atoms with Crippen LogP contribution in [-0.2, 0) is 4.79 Å². The smallest absolute Gasteiger partial charge is 0.136 e. The van der Waals surface area contributed by atoms with Gasteiger partial charge in [-0.1, -0.05) is 24.3 Å². The van der Waals surface area contributed by atoms with E-state index in [1.54, 1.807) is 0 Å². The van der Waals surface area contributed by atoms with E-state index in [0.29, 0.717) is 18.6 Å². The second-order valence-electron chi connectivity index (χ2n) is 2.14. The predicted octanol–water partition coefficient (Wildman–Crippen LogP) is 1.85. The summed E-state index contributed by atoms with van der Waals surface area (Å²) in [5.41, 5.74) is 0. The van der Waals surface area contributed by atoms with Crippen LogP contribution in [0.15, 0.2) is 24.3 Å². The van der Waals surface area contributed by atoms with Gasteiger partial charge in [0.1, 0.15) is 5.78 Å². The normalized spacial score (nSPS) is 22.9. The van der Waals surface area contributed by atoms with Crippen LogP contribution >= 0.6 is 0 Å². The summed E-state index contributed by atoms with van der Waals surface area (Å²) in [6.07, 6.45) is 10.1. The molecule has 0 radical (unpaired) electrons. The number of carbonyl (C=O) groups excluding carboxylic acids is 1. The van der Waals surface area contributed by atoms with Gasteiger partial charge in [-0.25, -0.2) is 0 Å². The average Bonchev–Trinajstić information content (AvgIpc) is 1.79. The van der Waals surface area contributed by atoms with Crippen LogP contribution in [-0.4, -0.2) is 5.78 Å². The van der Waals surface area contributed by atoms with Crippen molar-refractivity contribution in [2.24, 2.45) is 0 Å². The minimum Gasteiger partial charge on any atom is -0.299 e. The molecule has 1 rings (SSSR count). The van der Waals surface area contributed by atoms with Gasteiger partial charge in [0.05, 0.1) is 0 Å². The molecule has 1 aliphatic carbocycles. The van der Waals surface area contributed by atoms with Crippen LogP contribution in [0.25, 0.3) is 0 Å². The van der Waals surface area contributed by atoms with Gasteiger partial charge in [-0.05, 0) is 6.42 Å². The van der Waals surface area contributed by atoms with Crippen LogP contribution in [0.2, 0.25) is 0 Å². The topological polar surface area (TPSA) is 17.1 Å². The van der Waals surface area contributed by atoms with E-state index in [2.05, 4.69) is 0 Å². The molecule has 0 bridgehead atoms. The summed E-state index contributed by atoms with van der Waals surface area (Å²) in [6, 6.07) is 0. The molecule has 0 aromatic heterocycles. The third-order valence-electron chi connectivity index (χ3n) is 1.32. The van der Waals surface area contributed by atoms with Crippen molar-refractivity contribution in [3.8, 4) is 0 Å². The lowest BCUT2D eigenvalue weighted by atomic mass is 10.1. The summed E-state index contributed by atoms with van der Waals surface area (Å²) in [7, 11) is 0. The fourth-order valence-corrected chi connectivity index (χ4v) is 0.799. The molecule has 0 atom stereocenters. The number of allylic oxidation sites excluding steroid dienone is 4. The standard InChI is InChI=1S/C8H10O/c9-8-6-4-2-1-3-5-7-8/h1-4H,5-7H2/b3-1?,4-2+.